The number of H-pyrrole nitrogens is 1. The van der Waals surface area contributed by atoms with Gasteiger partial charge < -0.3 is 15.0 Å². The van der Waals surface area contributed by atoms with Gasteiger partial charge in [0.1, 0.15) is 17.4 Å². The van der Waals surface area contributed by atoms with Gasteiger partial charge in [0.25, 0.3) is 0 Å². The van der Waals surface area contributed by atoms with Gasteiger partial charge in [-0.15, -0.1) is 0 Å². The first-order valence-electron chi connectivity index (χ1n) is 4.81. The molecule has 0 bridgehead atoms. The quantitative estimate of drug-likeness (QED) is 0.745. The molecule has 0 aliphatic carbocycles. The van der Waals surface area contributed by atoms with Crippen LogP contribution in [0.5, 0.6) is 0 Å². The number of carbonyl (C=O) groups excluding carboxylic acids is 2. The van der Waals surface area contributed by atoms with E-state index in [-0.39, 0.29) is 11.6 Å². The Kier molecular flexibility index (Phi) is 2.73. The number of carbonyl (C=O) groups is 2. The molecule has 2 N–H and O–H groups in total. The van der Waals surface area contributed by atoms with Crippen LogP contribution < -0.4 is 5.32 Å². The van der Waals surface area contributed by atoms with E-state index in [1.807, 2.05) is 0 Å². The summed E-state index contributed by atoms with van der Waals surface area (Å²) in [5.41, 5.74) is 1.54. The van der Waals surface area contributed by atoms with Crippen LogP contribution in [0.3, 0.4) is 0 Å². The molecule has 0 aliphatic heterocycles. The second kappa shape index (κ2) is 4.20. The first kappa shape index (κ1) is 11.1. The van der Waals surface area contributed by atoms with Crippen molar-refractivity contribution in [3.8, 4) is 0 Å². The van der Waals surface area contributed by atoms with Crippen LogP contribution in [0.1, 0.15) is 17.4 Å². The highest BCUT2D eigenvalue weighted by Gasteiger charge is 2.16. The Labute approximate surface area is 96.2 Å². The maximum atomic E-state index is 11.4. The molecule has 0 saturated carbocycles. The smallest absolute Gasteiger partial charge is 0.358 e. The maximum absolute atomic E-state index is 11.4. The van der Waals surface area contributed by atoms with Gasteiger partial charge in [-0.3, -0.25) is 4.79 Å². The normalized spacial score (nSPS) is 10.2. The average Bonchev–Trinajstić information content (AvgIpc) is 2.71. The summed E-state index contributed by atoms with van der Waals surface area (Å²) in [5, 5.41) is 2.60. The third kappa shape index (κ3) is 1.94. The van der Waals surface area contributed by atoms with E-state index >= 15 is 0 Å². The van der Waals surface area contributed by atoms with Crippen molar-refractivity contribution in [3.63, 3.8) is 0 Å². The molecule has 0 atom stereocenters. The molecule has 0 unspecified atom stereocenters. The molecule has 2 heterocycles. The first-order chi connectivity index (χ1) is 8.13. The van der Waals surface area contributed by atoms with Gasteiger partial charge in [0.05, 0.1) is 12.8 Å². The van der Waals surface area contributed by atoms with E-state index in [2.05, 4.69) is 25.0 Å². The van der Waals surface area contributed by atoms with Gasteiger partial charge in [0.2, 0.25) is 5.91 Å². The highest BCUT2D eigenvalue weighted by Crippen LogP contribution is 2.22. The highest BCUT2D eigenvalue weighted by molar-refractivity contribution is 6.05. The molecular formula is C10H10N4O3. The largest absolute Gasteiger partial charge is 0.464 e. The molecule has 7 nitrogen and oxygen atoms in total. The van der Waals surface area contributed by atoms with Crippen molar-refractivity contribution in [1.82, 2.24) is 15.0 Å². The van der Waals surface area contributed by atoms with E-state index in [9.17, 15) is 9.59 Å². The molecule has 2 aromatic rings. The third-order valence-electron chi connectivity index (χ3n) is 2.15. The third-order valence-corrected chi connectivity index (χ3v) is 2.15. The minimum Gasteiger partial charge on any atom is -0.464 e. The summed E-state index contributed by atoms with van der Waals surface area (Å²) in [7, 11) is 1.27. The van der Waals surface area contributed by atoms with Crippen LogP contribution in [-0.4, -0.2) is 33.9 Å². The van der Waals surface area contributed by atoms with Gasteiger partial charge in [-0.2, -0.15) is 0 Å². The molecule has 0 spiro atoms. The predicted molar refractivity (Wildman–Crippen MR) is 59.5 cm³/mol. The number of aromatic nitrogens is 3. The summed E-state index contributed by atoms with van der Waals surface area (Å²) < 4.78 is 4.60. The molecule has 88 valence electrons. The number of fused-ring (bicyclic) bond motifs is 1. The molecule has 0 saturated heterocycles. The zero-order valence-corrected chi connectivity index (χ0v) is 9.27. The SMILES string of the molecule is COC(=O)c1ncnc2c(NC(C)=O)c[nH]c12. The summed E-state index contributed by atoms with van der Waals surface area (Å²) in [6, 6.07) is 0. The van der Waals surface area contributed by atoms with Crippen LogP contribution in [0.4, 0.5) is 5.69 Å². The molecule has 2 rings (SSSR count). The van der Waals surface area contributed by atoms with E-state index in [1.54, 1.807) is 6.20 Å². The summed E-state index contributed by atoms with van der Waals surface area (Å²) >= 11 is 0. The minimum absolute atomic E-state index is 0.133. The average molecular weight is 234 g/mol. The Morgan fingerprint density at radius 3 is 2.82 bits per heavy atom. The van der Waals surface area contributed by atoms with E-state index in [0.717, 1.165) is 0 Å². The lowest BCUT2D eigenvalue weighted by Gasteiger charge is -2.00. The number of hydrogen-bond acceptors (Lipinski definition) is 5. The van der Waals surface area contributed by atoms with Crippen LogP contribution in [-0.2, 0) is 9.53 Å². The zero-order valence-electron chi connectivity index (χ0n) is 9.27. The monoisotopic (exact) mass is 234 g/mol. The van der Waals surface area contributed by atoms with Gasteiger partial charge in [-0.25, -0.2) is 14.8 Å². The predicted octanol–water partition coefficient (Wildman–Crippen LogP) is 0.703. The van der Waals surface area contributed by atoms with Gasteiger partial charge >= 0.3 is 5.97 Å². The van der Waals surface area contributed by atoms with Crippen LogP contribution in [0, 0.1) is 0 Å². The summed E-state index contributed by atoms with van der Waals surface area (Å²) in [5.74, 6) is -0.780. The number of esters is 1. The second-order valence-corrected chi connectivity index (χ2v) is 3.32. The number of ether oxygens (including phenoxy) is 1. The number of aromatic amines is 1. The summed E-state index contributed by atoms with van der Waals surface area (Å²) in [4.78, 5) is 33.1. The van der Waals surface area contributed by atoms with E-state index in [1.165, 1.54) is 20.4 Å². The van der Waals surface area contributed by atoms with Gasteiger partial charge in [-0.1, -0.05) is 0 Å². The maximum Gasteiger partial charge on any atom is 0.358 e. The molecule has 0 fully saturated rings. The fourth-order valence-electron chi connectivity index (χ4n) is 1.48. The number of methoxy groups -OCH3 is 1. The van der Waals surface area contributed by atoms with Crippen LogP contribution >= 0.6 is 0 Å². The van der Waals surface area contributed by atoms with Gasteiger partial charge in [0, 0.05) is 13.1 Å². The lowest BCUT2D eigenvalue weighted by atomic mass is 10.3. The fraction of sp³-hybridized carbons (Fsp3) is 0.200. The topological polar surface area (TPSA) is 97.0 Å². The van der Waals surface area contributed by atoms with Crippen LogP contribution in [0.2, 0.25) is 0 Å². The number of rotatable bonds is 2. The van der Waals surface area contributed by atoms with Crippen molar-refractivity contribution in [2.75, 3.05) is 12.4 Å². The Morgan fingerprint density at radius 1 is 1.41 bits per heavy atom. The van der Waals surface area contributed by atoms with Crippen molar-refractivity contribution in [1.29, 1.82) is 0 Å². The molecule has 7 heteroatoms. The Morgan fingerprint density at radius 2 is 2.18 bits per heavy atom. The molecule has 1 amide bonds. The highest BCUT2D eigenvalue weighted by atomic mass is 16.5. The van der Waals surface area contributed by atoms with Crippen molar-refractivity contribution in [2.24, 2.45) is 0 Å². The standard InChI is InChI=1S/C10H10N4O3/c1-5(15)14-6-3-11-8-7(6)12-4-13-9(8)10(16)17-2/h3-4,11H,1-2H3,(H,14,15). The van der Waals surface area contributed by atoms with Crippen molar-refractivity contribution >= 4 is 28.6 Å². The molecule has 17 heavy (non-hydrogen) atoms. The van der Waals surface area contributed by atoms with E-state index in [0.29, 0.717) is 16.7 Å². The molecule has 0 aliphatic rings. The molecular weight excluding hydrogens is 224 g/mol. The number of nitrogens with one attached hydrogen (secondary N) is 2. The van der Waals surface area contributed by atoms with Crippen molar-refractivity contribution in [2.45, 2.75) is 6.92 Å². The lowest BCUT2D eigenvalue weighted by molar-refractivity contribution is -0.114. The molecule has 0 radical (unpaired) electrons. The first-order valence-corrected chi connectivity index (χ1v) is 4.81. The van der Waals surface area contributed by atoms with Crippen LogP contribution in [0.25, 0.3) is 11.0 Å². The van der Waals surface area contributed by atoms with Gasteiger partial charge in [-0.05, 0) is 0 Å². The second-order valence-electron chi connectivity index (χ2n) is 3.32. The zero-order chi connectivity index (χ0) is 12.4. The van der Waals surface area contributed by atoms with E-state index < -0.39 is 5.97 Å². The number of amides is 1. The van der Waals surface area contributed by atoms with Gasteiger partial charge in [0.15, 0.2) is 5.69 Å². The van der Waals surface area contributed by atoms with Crippen LogP contribution in [0.15, 0.2) is 12.5 Å². The Balaban J connectivity index is 2.56. The fourth-order valence-corrected chi connectivity index (χ4v) is 1.48. The minimum atomic E-state index is -0.561. The number of anilines is 1. The Bertz CT molecular complexity index is 590. The Hall–Kier alpha value is -2.44. The van der Waals surface area contributed by atoms with E-state index in [4.69, 9.17) is 0 Å². The van der Waals surface area contributed by atoms with Crippen molar-refractivity contribution in [3.05, 3.63) is 18.2 Å². The van der Waals surface area contributed by atoms with Crippen molar-refractivity contribution < 1.29 is 14.3 Å². The summed E-state index contributed by atoms with van der Waals surface area (Å²) in [6.07, 6.45) is 2.79. The molecule has 0 aromatic carbocycles. The number of nitrogens with zero attached hydrogens (tertiary/aromatic N) is 2. The summed E-state index contributed by atoms with van der Waals surface area (Å²) in [6.45, 7) is 1.39. The molecule has 2 aromatic heterocycles. The number of hydrogen-bond donors (Lipinski definition) is 2. The lowest BCUT2D eigenvalue weighted by Crippen LogP contribution is -2.07.